The first-order valence-electron chi connectivity index (χ1n) is 9.21. The van der Waals surface area contributed by atoms with Crippen molar-refractivity contribution in [2.24, 2.45) is 4.99 Å². The molecule has 0 saturated heterocycles. The number of benzene rings is 2. The number of hydrogen-bond acceptors (Lipinski definition) is 3. The fraction of sp³-hybridized carbons (Fsp3) is 0.304. The van der Waals surface area contributed by atoms with Crippen molar-refractivity contribution in [3.63, 3.8) is 0 Å². The van der Waals surface area contributed by atoms with E-state index in [1.807, 2.05) is 46.3 Å². The Hall–Kier alpha value is -2.88. The first-order valence-corrected chi connectivity index (χ1v) is 9.21. The summed E-state index contributed by atoms with van der Waals surface area (Å²) in [6.45, 7) is 5.33. The minimum Gasteiger partial charge on any atom is -0.377 e. The number of nitrogens with zero attached hydrogens (tertiary/aromatic N) is 3. The number of carbonyl (C=O) groups excluding carboxylic acids is 1. The molecule has 2 aromatic carbocycles. The van der Waals surface area contributed by atoms with Crippen molar-refractivity contribution in [2.45, 2.75) is 13.8 Å². The van der Waals surface area contributed by atoms with Crippen LogP contribution >= 0.6 is 0 Å². The van der Waals surface area contributed by atoms with Crippen LogP contribution in [-0.2, 0) is 0 Å². The molecule has 140 valence electrons. The third kappa shape index (κ3) is 4.11. The Morgan fingerprint density at radius 1 is 1.04 bits per heavy atom. The van der Waals surface area contributed by atoms with Gasteiger partial charge >= 0.3 is 0 Å². The highest BCUT2D eigenvalue weighted by molar-refractivity contribution is 6.04. The maximum atomic E-state index is 13.2. The molecule has 0 N–H and O–H groups in total. The number of anilines is 1. The zero-order chi connectivity index (χ0) is 19.6. The normalized spacial score (nSPS) is 12.9. The molecule has 0 aromatic heterocycles. The third-order valence-electron chi connectivity index (χ3n) is 4.93. The average Bonchev–Trinajstić information content (AvgIpc) is 3.14. The van der Waals surface area contributed by atoms with E-state index in [0.717, 1.165) is 33.7 Å². The third-order valence-corrected chi connectivity index (χ3v) is 4.93. The van der Waals surface area contributed by atoms with Crippen molar-refractivity contribution >= 4 is 17.3 Å². The Morgan fingerprint density at radius 3 is 2.33 bits per heavy atom. The molecule has 0 radical (unpaired) electrons. The van der Waals surface area contributed by atoms with Crippen LogP contribution in [0.15, 0.2) is 53.5 Å². The summed E-state index contributed by atoms with van der Waals surface area (Å²) >= 11 is 0. The van der Waals surface area contributed by atoms with Gasteiger partial charge in [0.2, 0.25) is 0 Å². The molecule has 0 fully saturated rings. The molecule has 2 aromatic rings. The first-order chi connectivity index (χ1) is 12.9. The van der Waals surface area contributed by atoms with Gasteiger partial charge in [0.1, 0.15) is 0 Å². The van der Waals surface area contributed by atoms with Gasteiger partial charge in [-0.15, -0.1) is 0 Å². The second kappa shape index (κ2) is 7.78. The van der Waals surface area contributed by atoms with Crippen molar-refractivity contribution in [3.05, 3.63) is 65.2 Å². The number of amides is 1. The lowest BCUT2D eigenvalue weighted by molar-refractivity contribution is 0.0814. The van der Waals surface area contributed by atoms with E-state index in [9.17, 15) is 4.79 Å². The van der Waals surface area contributed by atoms with E-state index >= 15 is 0 Å². The molecule has 4 nitrogen and oxygen atoms in total. The monoisotopic (exact) mass is 361 g/mol. The fourth-order valence-electron chi connectivity index (χ4n) is 3.33. The van der Waals surface area contributed by atoms with Gasteiger partial charge in [-0.3, -0.25) is 9.79 Å². The lowest BCUT2D eigenvalue weighted by Crippen LogP contribution is -2.32. The molecule has 0 unspecified atom stereocenters. The van der Waals surface area contributed by atoms with E-state index < -0.39 is 0 Å². The van der Waals surface area contributed by atoms with Gasteiger partial charge in [0, 0.05) is 32.4 Å². The second-order valence-electron chi connectivity index (χ2n) is 7.32. The zero-order valence-electron chi connectivity index (χ0n) is 16.8. The molecule has 1 aliphatic heterocycles. The molecule has 0 atom stereocenters. The molecule has 1 heterocycles. The number of aryl methyl sites for hydroxylation is 1. The lowest BCUT2D eigenvalue weighted by Gasteiger charge is -2.23. The molecule has 4 heteroatoms. The van der Waals surface area contributed by atoms with Gasteiger partial charge in [-0.05, 0) is 48.7 Å². The smallest absolute Gasteiger partial charge is 0.254 e. The molecule has 0 saturated carbocycles. The molecular weight excluding hydrogens is 334 g/mol. The van der Waals surface area contributed by atoms with Crippen molar-refractivity contribution in [1.29, 1.82) is 0 Å². The van der Waals surface area contributed by atoms with Gasteiger partial charge in [0.15, 0.2) is 0 Å². The van der Waals surface area contributed by atoms with Gasteiger partial charge in [-0.25, -0.2) is 0 Å². The van der Waals surface area contributed by atoms with E-state index in [1.54, 1.807) is 4.90 Å². The van der Waals surface area contributed by atoms with Crippen LogP contribution in [0.2, 0.25) is 0 Å². The fourth-order valence-corrected chi connectivity index (χ4v) is 3.33. The molecule has 1 amide bonds. The number of hydrogen-bond donors (Lipinski definition) is 0. The standard InChI is InChI=1S/C23H27N3O/c1-16-8-10-18(11-9-16)19-13-21(17(2)22(14-19)25(3)4)23(27)26(5)15-20-7-6-12-24-20/h6-11,13-14H,12,15H2,1-5H3. The van der Waals surface area contributed by atoms with E-state index in [1.165, 1.54) is 5.56 Å². The molecule has 0 bridgehead atoms. The summed E-state index contributed by atoms with van der Waals surface area (Å²) in [4.78, 5) is 21.4. The summed E-state index contributed by atoms with van der Waals surface area (Å²) in [6, 6.07) is 12.6. The molecule has 0 aliphatic carbocycles. The molecular formula is C23H27N3O. The van der Waals surface area contributed by atoms with E-state index in [0.29, 0.717) is 13.1 Å². The van der Waals surface area contributed by atoms with Crippen LogP contribution in [0.1, 0.15) is 21.5 Å². The van der Waals surface area contributed by atoms with Crippen molar-refractivity contribution in [2.75, 3.05) is 39.1 Å². The Labute approximate surface area is 161 Å². The largest absolute Gasteiger partial charge is 0.377 e. The molecule has 27 heavy (non-hydrogen) atoms. The number of rotatable bonds is 5. The van der Waals surface area contributed by atoms with Crippen molar-refractivity contribution in [3.8, 4) is 11.1 Å². The minimum absolute atomic E-state index is 0.0209. The Morgan fingerprint density at radius 2 is 1.74 bits per heavy atom. The average molecular weight is 361 g/mol. The summed E-state index contributed by atoms with van der Waals surface area (Å²) in [5.74, 6) is 0.0209. The van der Waals surface area contributed by atoms with Crippen LogP contribution in [0.3, 0.4) is 0 Å². The summed E-state index contributed by atoms with van der Waals surface area (Å²) in [5.41, 5.74) is 7.13. The Bertz CT molecular complexity index is 908. The predicted molar refractivity (Wildman–Crippen MR) is 114 cm³/mol. The quantitative estimate of drug-likeness (QED) is 0.803. The SMILES string of the molecule is Cc1ccc(-c2cc(C(=O)N(C)CC3=NCC=C3)c(C)c(N(C)C)c2)cc1. The first kappa shape index (κ1) is 18.9. The van der Waals surface area contributed by atoms with Crippen LogP contribution in [0.4, 0.5) is 5.69 Å². The van der Waals surface area contributed by atoms with E-state index in [2.05, 4.69) is 47.1 Å². The second-order valence-corrected chi connectivity index (χ2v) is 7.32. The van der Waals surface area contributed by atoms with Crippen LogP contribution in [-0.4, -0.2) is 50.8 Å². The summed E-state index contributed by atoms with van der Waals surface area (Å²) in [6.07, 6.45) is 4.01. The van der Waals surface area contributed by atoms with E-state index in [-0.39, 0.29) is 5.91 Å². The van der Waals surface area contributed by atoms with Gasteiger partial charge in [0.25, 0.3) is 5.91 Å². The Kier molecular flexibility index (Phi) is 5.45. The van der Waals surface area contributed by atoms with Crippen LogP contribution < -0.4 is 4.90 Å². The van der Waals surface area contributed by atoms with Gasteiger partial charge in [-0.2, -0.15) is 0 Å². The summed E-state index contributed by atoms with van der Waals surface area (Å²) in [5, 5.41) is 0. The maximum absolute atomic E-state index is 13.2. The molecule has 1 aliphatic rings. The highest BCUT2D eigenvalue weighted by Crippen LogP contribution is 2.31. The maximum Gasteiger partial charge on any atom is 0.254 e. The molecule has 0 spiro atoms. The number of carbonyl (C=O) groups is 1. The van der Waals surface area contributed by atoms with Crippen LogP contribution in [0.25, 0.3) is 11.1 Å². The van der Waals surface area contributed by atoms with Crippen LogP contribution in [0, 0.1) is 13.8 Å². The highest BCUT2D eigenvalue weighted by atomic mass is 16.2. The van der Waals surface area contributed by atoms with Gasteiger partial charge in [0.05, 0.1) is 18.8 Å². The van der Waals surface area contributed by atoms with Crippen molar-refractivity contribution < 1.29 is 4.79 Å². The van der Waals surface area contributed by atoms with Crippen LogP contribution in [0.5, 0.6) is 0 Å². The highest BCUT2D eigenvalue weighted by Gasteiger charge is 2.20. The van der Waals surface area contributed by atoms with E-state index in [4.69, 9.17) is 0 Å². The minimum atomic E-state index is 0.0209. The molecule has 3 rings (SSSR count). The summed E-state index contributed by atoms with van der Waals surface area (Å²) in [7, 11) is 5.86. The topological polar surface area (TPSA) is 35.9 Å². The predicted octanol–water partition coefficient (Wildman–Crippen LogP) is 4.12. The van der Waals surface area contributed by atoms with Crippen molar-refractivity contribution in [1.82, 2.24) is 4.90 Å². The van der Waals surface area contributed by atoms with Gasteiger partial charge in [-0.1, -0.05) is 35.9 Å². The summed E-state index contributed by atoms with van der Waals surface area (Å²) < 4.78 is 0. The number of aliphatic imine (C=N–C) groups is 1. The van der Waals surface area contributed by atoms with Gasteiger partial charge < -0.3 is 9.80 Å². The zero-order valence-corrected chi connectivity index (χ0v) is 16.8. The Balaban J connectivity index is 2.01. The lowest BCUT2D eigenvalue weighted by atomic mass is 9.96.